The van der Waals surface area contributed by atoms with Crippen LogP contribution in [0.2, 0.25) is 0 Å². The van der Waals surface area contributed by atoms with E-state index in [1.54, 1.807) is 0 Å². The summed E-state index contributed by atoms with van der Waals surface area (Å²) >= 11 is 0. The molecule has 2 bridgehead atoms. The molecule has 1 aliphatic heterocycles. The molecule has 0 N–H and O–H groups in total. The lowest BCUT2D eigenvalue weighted by molar-refractivity contribution is -0.226. The average Bonchev–Trinajstić information content (AvgIpc) is 3.03. The van der Waals surface area contributed by atoms with E-state index in [1.807, 2.05) is 0 Å². The van der Waals surface area contributed by atoms with Crippen molar-refractivity contribution in [2.24, 2.45) is 23.7 Å². The van der Waals surface area contributed by atoms with Gasteiger partial charge in [-0.05, 0) is 25.7 Å². The second-order valence-electron chi connectivity index (χ2n) is 6.80. The Morgan fingerprint density at radius 2 is 2.13 bits per heavy atom. The zero-order valence-corrected chi connectivity index (χ0v) is 12.8. The molecular weight excluding hydrogens is 314 g/mol. The predicted octanol–water partition coefficient (Wildman–Crippen LogP) is 1.66. The summed E-state index contributed by atoms with van der Waals surface area (Å²) in [6.45, 7) is 1.31. The number of carbonyl (C=O) groups excluding carboxylic acids is 3. The first kappa shape index (κ1) is 16.1. The topological polar surface area (TPSA) is 78.9 Å². The number of fused-ring (bicyclic) bond motifs is 1. The molecule has 8 heteroatoms. The van der Waals surface area contributed by atoms with Crippen molar-refractivity contribution in [3.63, 3.8) is 0 Å². The molecule has 2 aliphatic carbocycles. The molecule has 3 rings (SSSR count). The summed E-state index contributed by atoms with van der Waals surface area (Å²) in [5.74, 6) is -8.54. The fourth-order valence-electron chi connectivity index (χ4n) is 3.78. The molecule has 1 saturated heterocycles. The molecule has 0 spiro atoms. The molecule has 5 unspecified atom stereocenters. The van der Waals surface area contributed by atoms with Gasteiger partial charge in [0.2, 0.25) is 0 Å². The molecule has 128 valence electrons. The van der Waals surface area contributed by atoms with Crippen molar-refractivity contribution in [3.8, 4) is 0 Å². The Morgan fingerprint density at radius 3 is 2.74 bits per heavy atom. The second-order valence-corrected chi connectivity index (χ2v) is 6.80. The third-order valence-electron chi connectivity index (χ3n) is 4.87. The quantitative estimate of drug-likeness (QED) is 0.713. The van der Waals surface area contributed by atoms with Crippen LogP contribution in [-0.2, 0) is 28.6 Å². The Hall–Kier alpha value is -1.73. The van der Waals surface area contributed by atoms with E-state index in [4.69, 9.17) is 9.47 Å². The van der Waals surface area contributed by atoms with Crippen LogP contribution in [0.3, 0.4) is 0 Å². The first-order chi connectivity index (χ1) is 10.6. The number of hydrogen-bond donors (Lipinski definition) is 0. The van der Waals surface area contributed by atoms with Gasteiger partial charge in [0.15, 0.2) is 0 Å². The van der Waals surface area contributed by atoms with Gasteiger partial charge in [-0.3, -0.25) is 9.59 Å². The second kappa shape index (κ2) is 5.14. The molecule has 2 saturated carbocycles. The van der Waals surface area contributed by atoms with Crippen LogP contribution in [-0.4, -0.2) is 36.2 Å². The van der Waals surface area contributed by atoms with Crippen molar-refractivity contribution in [1.29, 1.82) is 0 Å². The van der Waals surface area contributed by atoms with E-state index < -0.39 is 36.2 Å². The monoisotopic (exact) mass is 332 g/mol. The Kier molecular flexibility index (Phi) is 3.61. The number of alkyl halides is 2. The summed E-state index contributed by atoms with van der Waals surface area (Å²) in [7, 11) is 0. The Bertz CT molecular complexity index is 557. The Balaban J connectivity index is 1.57. The van der Waals surface area contributed by atoms with Gasteiger partial charge >= 0.3 is 23.8 Å². The molecule has 0 aromatic heterocycles. The van der Waals surface area contributed by atoms with Crippen molar-refractivity contribution in [1.82, 2.24) is 0 Å². The van der Waals surface area contributed by atoms with E-state index in [9.17, 15) is 23.2 Å². The summed E-state index contributed by atoms with van der Waals surface area (Å²) in [5, 5.41) is 0. The summed E-state index contributed by atoms with van der Waals surface area (Å²) in [4.78, 5) is 35.0. The molecule has 0 aromatic carbocycles. The van der Waals surface area contributed by atoms with Gasteiger partial charge in [-0.25, -0.2) is 4.79 Å². The normalized spacial score (nSPS) is 35.8. The molecule has 6 nitrogen and oxygen atoms in total. The van der Waals surface area contributed by atoms with Gasteiger partial charge in [-0.2, -0.15) is 8.78 Å². The van der Waals surface area contributed by atoms with Crippen LogP contribution in [0.15, 0.2) is 0 Å². The molecule has 1 heterocycles. The highest BCUT2D eigenvalue weighted by Crippen LogP contribution is 2.60. The van der Waals surface area contributed by atoms with Crippen LogP contribution < -0.4 is 0 Å². The number of ether oxygens (including phenoxy) is 3. The number of carbonyl (C=O) groups is 3. The fourth-order valence-corrected chi connectivity index (χ4v) is 3.78. The molecular formula is C15H18F2O6. The minimum Gasteiger partial charge on any atom is -0.460 e. The minimum absolute atomic E-state index is 0.126. The largest absolute Gasteiger partial charge is 0.460 e. The molecule has 5 atom stereocenters. The average molecular weight is 332 g/mol. The van der Waals surface area contributed by atoms with Gasteiger partial charge in [0.05, 0.1) is 17.8 Å². The molecule has 0 radical (unpaired) electrons. The minimum atomic E-state index is -3.61. The highest BCUT2D eigenvalue weighted by atomic mass is 19.3. The number of rotatable bonds is 5. The van der Waals surface area contributed by atoms with Crippen molar-refractivity contribution in [2.75, 3.05) is 6.61 Å². The standard InChI is InChI=1S/C15H18F2O6/c1-7(6-21-13(20)14(2,16)17)11(18)22-15-5-8-3-9(10(15)4-8)12(19)23-15/h7-10H,3-6H2,1-2H3. The third-order valence-corrected chi connectivity index (χ3v) is 4.87. The lowest BCUT2D eigenvalue weighted by Crippen LogP contribution is -2.41. The fraction of sp³-hybridized carbons (Fsp3) is 0.800. The van der Waals surface area contributed by atoms with E-state index in [0.717, 1.165) is 12.8 Å². The molecule has 3 fully saturated rings. The SMILES string of the molecule is CC(COC(=O)C(C)(F)F)C(=O)OC12CC3CC(C(=O)O1)C2C3. The Morgan fingerprint density at radius 1 is 1.43 bits per heavy atom. The third kappa shape index (κ3) is 2.68. The number of halogens is 2. The van der Waals surface area contributed by atoms with Gasteiger partial charge in [-0.15, -0.1) is 0 Å². The highest BCUT2D eigenvalue weighted by molar-refractivity contribution is 5.79. The van der Waals surface area contributed by atoms with Crippen LogP contribution in [0.25, 0.3) is 0 Å². The lowest BCUT2D eigenvalue weighted by atomic mass is 9.87. The van der Waals surface area contributed by atoms with E-state index >= 15 is 0 Å². The van der Waals surface area contributed by atoms with Crippen molar-refractivity contribution >= 4 is 17.9 Å². The van der Waals surface area contributed by atoms with Crippen LogP contribution in [0.4, 0.5) is 8.78 Å². The Labute approximate surface area is 131 Å². The smallest absolute Gasteiger partial charge is 0.376 e. The van der Waals surface area contributed by atoms with Gasteiger partial charge in [0, 0.05) is 13.3 Å². The molecule has 23 heavy (non-hydrogen) atoms. The van der Waals surface area contributed by atoms with E-state index in [0.29, 0.717) is 19.3 Å². The predicted molar refractivity (Wildman–Crippen MR) is 70.0 cm³/mol. The number of esters is 3. The van der Waals surface area contributed by atoms with Crippen molar-refractivity contribution in [2.45, 2.75) is 44.8 Å². The van der Waals surface area contributed by atoms with Crippen LogP contribution in [0.5, 0.6) is 0 Å². The van der Waals surface area contributed by atoms with Crippen LogP contribution in [0, 0.1) is 23.7 Å². The van der Waals surface area contributed by atoms with Gasteiger partial charge < -0.3 is 14.2 Å². The summed E-state index contributed by atoms with van der Waals surface area (Å²) in [6, 6.07) is 0. The summed E-state index contributed by atoms with van der Waals surface area (Å²) in [5.41, 5.74) is 0. The zero-order chi connectivity index (χ0) is 17.0. The molecule has 3 aliphatic rings. The maximum atomic E-state index is 12.7. The van der Waals surface area contributed by atoms with E-state index in [1.165, 1.54) is 6.92 Å². The maximum Gasteiger partial charge on any atom is 0.376 e. The molecule has 0 aromatic rings. The number of hydrogen-bond acceptors (Lipinski definition) is 6. The van der Waals surface area contributed by atoms with Crippen LogP contribution in [0.1, 0.15) is 33.1 Å². The van der Waals surface area contributed by atoms with Gasteiger partial charge in [0.25, 0.3) is 5.79 Å². The van der Waals surface area contributed by atoms with Crippen LogP contribution >= 0.6 is 0 Å². The first-order valence-corrected chi connectivity index (χ1v) is 7.63. The zero-order valence-electron chi connectivity index (χ0n) is 12.8. The van der Waals surface area contributed by atoms with Crippen molar-refractivity contribution in [3.05, 3.63) is 0 Å². The van der Waals surface area contributed by atoms with Crippen molar-refractivity contribution < 1.29 is 37.4 Å². The first-order valence-electron chi connectivity index (χ1n) is 7.63. The van der Waals surface area contributed by atoms with Gasteiger partial charge in [-0.1, -0.05) is 0 Å². The highest BCUT2D eigenvalue weighted by Gasteiger charge is 2.68. The lowest BCUT2D eigenvalue weighted by Gasteiger charge is -2.30. The molecule has 0 amide bonds. The maximum absolute atomic E-state index is 12.7. The summed E-state index contributed by atoms with van der Waals surface area (Å²) < 4.78 is 40.6. The summed E-state index contributed by atoms with van der Waals surface area (Å²) in [6.07, 6.45) is 2.03. The van der Waals surface area contributed by atoms with Gasteiger partial charge in [0.1, 0.15) is 6.61 Å². The van der Waals surface area contributed by atoms with E-state index in [2.05, 4.69) is 4.74 Å². The van der Waals surface area contributed by atoms with E-state index in [-0.39, 0.29) is 17.8 Å².